The summed E-state index contributed by atoms with van der Waals surface area (Å²) in [6.07, 6.45) is 0. The Morgan fingerprint density at radius 3 is 2.48 bits per heavy atom. The molecule has 0 bridgehead atoms. The summed E-state index contributed by atoms with van der Waals surface area (Å²) in [6.45, 7) is -0.488. The van der Waals surface area contributed by atoms with Crippen LogP contribution >= 0.6 is 11.6 Å². The summed E-state index contributed by atoms with van der Waals surface area (Å²) < 4.78 is 22.8. The van der Waals surface area contributed by atoms with Gasteiger partial charge in [-0.05, 0) is 42.5 Å². The van der Waals surface area contributed by atoms with Crippen molar-refractivity contribution in [2.75, 3.05) is 19.0 Å². The Balaban J connectivity index is 1.89. The van der Waals surface area contributed by atoms with E-state index < -0.39 is 24.3 Å². The average Bonchev–Trinajstić information content (AvgIpc) is 2.53. The van der Waals surface area contributed by atoms with Crippen molar-refractivity contribution in [1.29, 1.82) is 0 Å². The van der Waals surface area contributed by atoms with Crippen molar-refractivity contribution in [1.82, 2.24) is 0 Å². The minimum absolute atomic E-state index is 0.00897. The molecule has 0 heterocycles. The Morgan fingerprint density at radius 1 is 1.17 bits per heavy atom. The third-order valence-electron chi connectivity index (χ3n) is 2.86. The Kier molecular flexibility index (Phi) is 5.54. The third kappa shape index (κ3) is 4.69. The van der Waals surface area contributed by atoms with E-state index >= 15 is 0 Å². The first-order valence-corrected chi connectivity index (χ1v) is 6.93. The lowest BCUT2D eigenvalue weighted by Gasteiger charge is -2.08. The highest BCUT2D eigenvalue weighted by Gasteiger charge is 2.14. The quantitative estimate of drug-likeness (QED) is 0.850. The third-order valence-corrected chi connectivity index (χ3v) is 3.17. The summed E-state index contributed by atoms with van der Waals surface area (Å²) >= 11 is 5.74. The van der Waals surface area contributed by atoms with Crippen LogP contribution in [-0.4, -0.2) is 25.6 Å². The van der Waals surface area contributed by atoms with Crippen molar-refractivity contribution in [2.24, 2.45) is 0 Å². The number of methoxy groups -OCH3 is 1. The highest BCUT2D eigenvalue weighted by Crippen LogP contribution is 2.18. The molecule has 5 nitrogen and oxygen atoms in total. The van der Waals surface area contributed by atoms with Crippen LogP contribution in [0.15, 0.2) is 42.5 Å². The monoisotopic (exact) mass is 337 g/mol. The molecule has 2 aromatic carbocycles. The molecule has 0 aliphatic rings. The van der Waals surface area contributed by atoms with E-state index in [1.54, 1.807) is 24.3 Å². The SMILES string of the molecule is COc1ccc(NC(=O)COC(=O)c2ccc(F)cc2Cl)cc1. The number of nitrogens with one attached hydrogen (secondary N) is 1. The van der Waals surface area contributed by atoms with Gasteiger partial charge in [0.25, 0.3) is 5.91 Å². The number of carbonyl (C=O) groups excluding carboxylic acids is 2. The first-order chi connectivity index (χ1) is 11.0. The molecule has 0 unspecified atom stereocenters. The summed E-state index contributed by atoms with van der Waals surface area (Å²) in [5.41, 5.74) is 0.525. The van der Waals surface area contributed by atoms with E-state index in [2.05, 4.69) is 5.32 Å². The highest BCUT2D eigenvalue weighted by molar-refractivity contribution is 6.33. The molecule has 0 fully saturated rings. The van der Waals surface area contributed by atoms with Crippen LogP contribution in [0.1, 0.15) is 10.4 Å². The zero-order valence-electron chi connectivity index (χ0n) is 12.1. The summed E-state index contributed by atoms with van der Waals surface area (Å²) in [6, 6.07) is 9.93. The van der Waals surface area contributed by atoms with E-state index in [-0.39, 0.29) is 10.6 Å². The van der Waals surface area contributed by atoms with E-state index in [1.165, 1.54) is 13.2 Å². The molecule has 0 aromatic heterocycles. The number of carbonyl (C=O) groups is 2. The first-order valence-electron chi connectivity index (χ1n) is 6.55. The van der Waals surface area contributed by atoms with Crippen LogP contribution in [0, 0.1) is 5.82 Å². The molecular weight excluding hydrogens is 325 g/mol. The van der Waals surface area contributed by atoms with Crippen molar-refractivity contribution >= 4 is 29.2 Å². The second kappa shape index (κ2) is 7.60. The molecule has 0 aliphatic heterocycles. The average molecular weight is 338 g/mol. The van der Waals surface area contributed by atoms with Crippen molar-refractivity contribution in [3.63, 3.8) is 0 Å². The number of hydrogen-bond acceptors (Lipinski definition) is 4. The second-order valence-electron chi connectivity index (χ2n) is 4.48. The van der Waals surface area contributed by atoms with Crippen molar-refractivity contribution in [3.8, 4) is 5.75 Å². The normalized spacial score (nSPS) is 10.0. The van der Waals surface area contributed by atoms with E-state index in [4.69, 9.17) is 21.1 Å². The summed E-state index contributed by atoms with van der Waals surface area (Å²) in [7, 11) is 1.54. The number of anilines is 1. The standard InChI is InChI=1S/C16H13ClFNO4/c1-22-12-5-3-11(4-6-12)19-15(20)9-23-16(21)13-7-2-10(18)8-14(13)17/h2-8H,9H2,1H3,(H,19,20). The molecule has 0 atom stereocenters. The molecule has 0 aliphatic carbocycles. The molecule has 0 spiro atoms. The zero-order valence-corrected chi connectivity index (χ0v) is 12.9. The fourth-order valence-electron chi connectivity index (χ4n) is 1.74. The zero-order chi connectivity index (χ0) is 16.8. The number of hydrogen-bond donors (Lipinski definition) is 1. The van der Waals surface area contributed by atoms with Crippen LogP contribution in [0.25, 0.3) is 0 Å². The lowest BCUT2D eigenvalue weighted by Crippen LogP contribution is -2.21. The van der Waals surface area contributed by atoms with Crippen molar-refractivity contribution in [3.05, 3.63) is 58.9 Å². The van der Waals surface area contributed by atoms with Crippen LogP contribution in [0.4, 0.5) is 10.1 Å². The maximum absolute atomic E-state index is 12.9. The molecule has 0 radical (unpaired) electrons. The van der Waals surface area contributed by atoms with Crippen molar-refractivity contribution < 1.29 is 23.5 Å². The van der Waals surface area contributed by atoms with Gasteiger partial charge < -0.3 is 14.8 Å². The molecule has 7 heteroatoms. The molecule has 23 heavy (non-hydrogen) atoms. The smallest absolute Gasteiger partial charge is 0.340 e. The van der Waals surface area contributed by atoms with E-state index in [0.29, 0.717) is 11.4 Å². The largest absolute Gasteiger partial charge is 0.497 e. The summed E-state index contributed by atoms with van der Waals surface area (Å²) in [5.74, 6) is -1.23. The lowest BCUT2D eigenvalue weighted by molar-refractivity contribution is -0.119. The van der Waals surface area contributed by atoms with Crippen molar-refractivity contribution in [2.45, 2.75) is 0 Å². The Morgan fingerprint density at radius 2 is 1.87 bits per heavy atom. The number of ether oxygens (including phenoxy) is 2. The minimum Gasteiger partial charge on any atom is -0.497 e. The highest BCUT2D eigenvalue weighted by atomic mass is 35.5. The Labute approximate surface area is 137 Å². The molecule has 2 aromatic rings. The number of rotatable bonds is 5. The number of halogens is 2. The van der Waals surface area contributed by atoms with Gasteiger partial charge in [0.1, 0.15) is 11.6 Å². The Hall–Kier alpha value is -2.60. The van der Waals surface area contributed by atoms with Gasteiger partial charge >= 0.3 is 5.97 Å². The predicted octanol–water partition coefficient (Wildman–Crippen LogP) is 3.28. The molecule has 2 rings (SSSR count). The van der Waals surface area contributed by atoms with Gasteiger partial charge in [-0.15, -0.1) is 0 Å². The summed E-state index contributed by atoms with van der Waals surface area (Å²) in [4.78, 5) is 23.5. The van der Waals surface area contributed by atoms with Crippen LogP contribution in [0.5, 0.6) is 5.75 Å². The lowest BCUT2D eigenvalue weighted by atomic mass is 10.2. The van der Waals surface area contributed by atoms with Crippen LogP contribution in [0.3, 0.4) is 0 Å². The van der Waals surface area contributed by atoms with Gasteiger partial charge in [0, 0.05) is 5.69 Å². The molecule has 1 N–H and O–H groups in total. The molecule has 0 saturated carbocycles. The fraction of sp³-hybridized carbons (Fsp3) is 0.125. The molecule has 120 valence electrons. The molecule has 0 saturated heterocycles. The molecular formula is C16H13ClFNO4. The van der Waals surface area contributed by atoms with Gasteiger partial charge in [-0.1, -0.05) is 11.6 Å². The molecule has 1 amide bonds. The number of amides is 1. The first kappa shape index (κ1) is 16.8. The van der Waals surface area contributed by atoms with Crippen LogP contribution in [-0.2, 0) is 9.53 Å². The van der Waals surface area contributed by atoms with Gasteiger partial charge in [-0.3, -0.25) is 4.79 Å². The number of esters is 1. The fourth-order valence-corrected chi connectivity index (χ4v) is 1.98. The van der Waals surface area contributed by atoms with Gasteiger partial charge in [-0.2, -0.15) is 0 Å². The van der Waals surface area contributed by atoms with Crippen LogP contribution in [0.2, 0.25) is 5.02 Å². The van der Waals surface area contributed by atoms with Gasteiger partial charge in [-0.25, -0.2) is 9.18 Å². The predicted molar refractivity (Wildman–Crippen MR) is 83.3 cm³/mol. The van der Waals surface area contributed by atoms with E-state index in [1.807, 2.05) is 0 Å². The number of benzene rings is 2. The van der Waals surface area contributed by atoms with Gasteiger partial charge in [0.15, 0.2) is 6.61 Å². The van der Waals surface area contributed by atoms with Crippen LogP contribution < -0.4 is 10.1 Å². The second-order valence-corrected chi connectivity index (χ2v) is 4.88. The van der Waals surface area contributed by atoms with Gasteiger partial charge in [0.05, 0.1) is 17.7 Å². The maximum Gasteiger partial charge on any atom is 0.340 e. The van der Waals surface area contributed by atoms with E-state index in [0.717, 1.165) is 12.1 Å². The van der Waals surface area contributed by atoms with Gasteiger partial charge in [0.2, 0.25) is 0 Å². The topological polar surface area (TPSA) is 64.6 Å². The summed E-state index contributed by atoms with van der Waals surface area (Å²) in [5, 5.41) is 2.48. The Bertz CT molecular complexity index is 719. The van der Waals surface area contributed by atoms with E-state index in [9.17, 15) is 14.0 Å². The minimum atomic E-state index is -0.806. The maximum atomic E-state index is 12.9.